The van der Waals surface area contributed by atoms with Gasteiger partial charge in [-0.2, -0.15) is 0 Å². The van der Waals surface area contributed by atoms with Gasteiger partial charge in [-0.3, -0.25) is 4.98 Å². The van der Waals surface area contributed by atoms with E-state index in [1.165, 1.54) is 5.56 Å². The van der Waals surface area contributed by atoms with Crippen LogP contribution in [0.5, 0.6) is 0 Å². The van der Waals surface area contributed by atoms with Crippen molar-refractivity contribution in [2.24, 2.45) is 0 Å². The minimum absolute atomic E-state index is 0.000554. The number of nitrogens with zero attached hydrogens (tertiary/aromatic N) is 1. The van der Waals surface area contributed by atoms with E-state index in [0.29, 0.717) is 0 Å². The van der Waals surface area contributed by atoms with Crippen molar-refractivity contribution in [3.63, 3.8) is 0 Å². The van der Waals surface area contributed by atoms with Crippen LogP contribution in [0.4, 0.5) is 4.79 Å². The molecule has 0 aliphatic rings. The van der Waals surface area contributed by atoms with Crippen LogP contribution in [-0.4, -0.2) is 17.1 Å². The molecule has 0 saturated heterocycles. The predicted molar refractivity (Wildman–Crippen MR) is 97.9 cm³/mol. The zero-order valence-corrected chi connectivity index (χ0v) is 14.9. The standard InChI is InChI=1S/C20H27N3O/c1-15(14-20(3,4)17-10-6-5-7-11-17)22-19(24)23-16(2)18-12-8-9-13-21-18/h5-13,15-16H,14H2,1-4H3,(H2,22,23,24). The number of benzene rings is 1. The summed E-state index contributed by atoms with van der Waals surface area (Å²) in [6, 6.07) is 15.9. The maximum Gasteiger partial charge on any atom is 0.315 e. The van der Waals surface area contributed by atoms with Crippen molar-refractivity contribution in [3.8, 4) is 0 Å². The monoisotopic (exact) mass is 325 g/mol. The fraction of sp³-hybridized carbons (Fsp3) is 0.400. The minimum atomic E-state index is -0.162. The fourth-order valence-electron chi connectivity index (χ4n) is 2.99. The summed E-state index contributed by atoms with van der Waals surface area (Å²) in [7, 11) is 0. The molecule has 1 aromatic carbocycles. The summed E-state index contributed by atoms with van der Waals surface area (Å²) < 4.78 is 0. The first-order valence-corrected chi connectivity index (χ1v) is 8.42. The van der Waals surface area contributed by atoms with Crippen molar-refractivity contribution in [3.05, 3.63) is 66.0 Å². The molecule has 0 bridgehead atoms. The Balaban J connectivity index is 1.87. The molecule has 1 heterocycles. The van der Waals surface area contributed by atoms with E-state index in [1.807, 2.05) is 38.1 Å². The third kappa shape index (κ3) is 5.08. The van der Waals surface area contributed by atoms with Crippen molar-refractivity contribution >= 4 is 6.03 Å². The van der Waals surface area contributed by atoms with Gasteiger partial charge in [0.05, 0.1) is 11.7 Å². The van der Waals surface area contributed by atoms with Gasteiger partial charge < -0.3 is 10.6 Å². The van der Waals surface area contributed by atoms with Crippen LogP contribution in [0.15, 0.2) is 54.7 Å². The van der Waals surface area contributed by atoms with Gasteiger partial charge in [-0.05, 0) is 43.4 Å². The maximum absolute atomic E-state index is 12.2. The number of amides is 2. The summed E-state index contributed by atoms with van der Waals surface area (Å²) in [5, 5.41) is 5.97. The van der Waals surface area contributed by atoms with Crippen molar-refractivity contribution in [1.82, 2.24) is 15.6 Å². The largest absolute Gasteiger partial charge is 0.336 e. The van der Waals surface area contributed by atoms with Gasteiger partial charge in [-0.15, -0.1) is 0 Å². The quantitative estimate of drug-likeness (QED) is 0.836. The number of pyridine rings is 1. The Bertz CT molecular complexity index is 640. The highest BCUT2D eigenvalue weighted by molar-refractivity contribution is 5.74. The molecular formula is C20H27N3O. The Hall–Kier alpha value is -2.36. The van der Waals surface area contributed by atoms with Crippen molar-refractivity contribution < 1.29 is 4.79 Å². The smallest absolute Gasteiger partial charge is 0.315 e. The topological polar surface area (TPSA) is 54.0 Å². The molecule has 1 aromatic heterocycles. The third-order valence-electron chi connectivity index (χ3n) is 4.23. The summed E-state index contributed by atoms with van der Waals surface area (Å²) in [6.07, 6.45) is 2.60. The molecular weight excluding hydrogens is 298 g/mol. The SMILES string of the molecule is CC(CC(C)(C)c1ccccc1)NC(=O)NC(C)c1ccccn1. The molecule has 2 amide bonds. The molecule has 4 nitrogen and oxygen atoms in total. The first-order valence-electron chi connectivity index (χ1n) is 8.42. The van der Waals surface area contributed by atoms with Crippen molar-refractivity contribution in [2.75, 3.05) is 0 Å². The highest BCUT2D eigenvalue weighted by atomic mass is 16.2. The van der Waals surface area contributed by atoms with E-state index in [1.54, 1.807) is 6.20 Å². The number of carbonyl (C=O) groups is 1. The third-order valence-corrected chi connectivity index (χ3v) is 4.23. The van der Waals surface area contributed by atoms with Crippen molar-refractivity contribution in [2.45, 2.75) is 51.6 Å². The lowest BCUT2D eigenvalue weighted by molar-refractivity contribution is 0.232. The minimum Gasteiger partial charge on any atom is -0.336 e. The normalized spacial score (nSPS) is 13.8. The number of hydrogen-bond donors (Lipinski definition) is 2. The van der Waals surface area contributed by atoms with Crippen LogP contribution in [0.3, 0.4) is 0 Å². The molecule has 0 aliphatic carbocycles. The molecule has 2 aromatic rings. The van der Waals surface area contributed by atoms with Crippen LogP contribution >= 0.6 is 0 Å². The van der Waals surface area contributed by atoms with Gasteiger partial charge in [0, 0.05) is 12.2 Å². The highest BCUT2D eigenvalue weighted by Gasteiger charge is 2.24. The molecule has 0 spiro atoms. The first-order chi connectivity index (χ1) is 11.4. The summed E-state index contributed by atoms with van der Waals surface area (Å²) in [4.78, 5) is 16.5. The first kappa shape index (κ1) is 18.0. The Morgan fingerprint density at radius 3 is 2.33 bits per heavy atom. The second kappa shape index (κ2) is 7.95. The molecule has 4 heteroatoms. The molecule has 2 rings (SSSR count). The zero-order valence-electron chi connectivity index (χ0n) is 14.9. The van der Waals surface area contributed by atoms with Gasteiger partial charge in [0.15, 0.2) is 0 Å². The number of rotatable bonds is 6. The summed E-state index contributed by atoms with van der Waals surface area (Å²) >= 11 is 0. The van der Waals surface area contributed by atoms with Crippen LogP contribution in [0.25, 0.3) is 0 Å². The average molecular weight is 325 g/mol. The molecule has 24 heavy (non-hydrogen) atoms. The van der Waals surface area contributed by atoms with E-state index in [2.05, 4.69) is 53.7 Å². The molecule has 2 N–H and O–H groups in total. The van der Waals surface area contributed by atoms with E-state index in [9.17, 15) is 4.79 Å². The highest BCUT2D eigenvalue weighted by Crippen LogP contribution is 2.28. The lowest BCUT2D eigenvalue weighted by atomic mass is 9.79. The zero-order chi connectivity index (χ0) is 17.6. The summed E-state index contributed by atoms with van der Waals surface area (Å²) in [5.74, 6) is 0. The molecule has 2 atom stereocenters. The number of hydrogen-bond acceptors (Lipinski definition) is 2. The van der Waals surface area contributed by atoms with Gasteiger partial charge in [-0.25, -0.2) is 4.79 Å². The van der Waals surface area contributed by atoms with Crippen LogP contribution in [0.2, 0.25) is 0 Å². The van der Waals surface area contributed by atoms with Gasteiger partial charge >= 0.3 is 6.03 Å². The molecule has 128 valence electrons. The van der Waals surface area contributed by atoms with E-state index >= 15 is 0 Å². The van der Waals surface area contributed by atoms with Crippen LogP contribution < -0.4 is 10.6 Å². The summed E-state index contributed by atoms with van der Waals surface area (Å²) in [5.41, 5.74) is 2.13. The predicted octanol–water partition coefficient (Wildman–Crippen LogP) is 4.20. The molecule has 0 radical (unpaired) electrons. The lowest BCUT2D eigenvalue weighted by Gasteiger charge is -2.29. The van der Waals surface area contributed by atoms with E-state index < -0.39 is 0 Å². The molecule has 0 aliphatic heterocycles. The average Bonchev–Trinajstić information content (AvgIpc) is 2.55. The molecule has 2 unspecified atom stereocenters. The van der Waals surface area contributed by atoms with Crippen LogP contribution in [0, 0.1) is 0 Å². The Morgan fingerprint density at radius 2 is 1.71 bits per heavy atom. The van der Waals surface area contributed by atoms with Gasteiger partial charge in [-0.1, -0.05) is 50.2 Å². The summed E-state index contributed by atoms with van der Waals surface area (Å²) in [6.45, 7) is 8.38. The van der Waals surface area contributed by atoms with Gasteiger partial charge in [0.25, 0.3) is 0 Å². The number of urea groups is 1. The molecule has 0 fully saturated rings. The number of nitrogens with one attached hydrogen (secondary N) is 2. The Morgan fingerprint density at radius 1 is 1.04 bits per heavy atom. The lowest BCUT2D eigenvalue weighted by Crippen LogP contribution is -2.43. The van der Waals surface area contributed by atoms with E-state index in [0.717, 1.165) is 12.1 Å². The Kier molecular flexibility index (Phi) is 5.96. The second-order valence-electron chi connectivity index (χ2n) is 6.95. The number of carbonyl (C=O) groups excluding carboxylic acids is 1. The maximum atomic E-state index is 12.2. The fourth-order valence-corrected chi connectivity index (χ4v) is 2.99. The van der Waals surface area contributed by atoms with Gasteiger partial charge in [0.2, 0.25) is 0 Å². The van der Waals surface area contributed by atoms with Crippen molar-refractivity contribution in [1.29, 1.82) is 0 Å². The molecule has 0 saturated carbocycles. The number of aromatic nitrogens is 1. The van der Waals surface area contributed by atoms with Crippen LogP contribution in [-0.2, 0) is 5.41 Å². The Labute approximate surface area is 144 Å². The van der Waals surface area contributed by atoms with E-state index in [4.69, 9.17) is 0 Å². The second-order valence-corrected chi connectivity index (χ2v) is 6.95. The van der Waals surface area contributed by atoms with Gasteiger partial charge in [0.1, 0.15) is 0 Å². The van der Waals surface area contributed by atoms with E-state index in [-0.39, 0.29) is 23.5 Å². The van der Waals surface area contributed by atoms with Crippen LogP contribution in [0.1, 0.15) is 51.4 Å².